The molecule has 6 heteroatoms. The van der Waals surface area contributed by atoms with E-state index in [1.807, 2.05) is 0 Å². The summed E-state index contributed by atoms with van der Waals surface area (Å²) in [4.78, 5) is 24.1. The van der Waals surface area contributed by atoms with Crippen molar-refractivity contribution in [2.24, 2.45) is 5.92 Å². The van der Waals surface area contributed by atoms with Gasteiger partial charge in [0.25, 0.3) is 0 Å². The number of carbonyl (C=O) groups is 2. The third-order valence-corrected chi connectivity index (χ3v) is 2.40. The zero-order valence-corrected chi connectivity index (χ0v) is 10.5. The van der Waals surface area contributed by atoms with Gasteiger partial charge in [0.1, 0.15) is 17.7 Å². The van der Waals surface area contributed by atoms with Crippen LogP contribution in [0.5, 0.6) is 0 Å². The second-order valence-electron chi connectivity index (χ2n) is 5.03. The summed E-state index contributed by atoms with van der Waals surface area (Å²) in [6.07, 6.45) is -2.00. The Morgan fingerprint density at radius 2 is 1.88 bits per heavy atom. The Labute approximate surface area is 99.9 Å². The molecular formula is C11H18FNO4. The smallest absolute Gasteiger partial charge is 0.410 e. The Hall–Kier alpha value is -1.33. The number of halogens is 1. The van der Waals surface area contributed by atoms with E-state index in [1.165, 1.54) is 12.0 Å². The lowest BCUT2D eigenvalue weighted by molar-refractivity contribution is -0.146. The number of esters is 1. The Bertz CT molecular complexity index is 313. The minimum Gasteiger partial charge on any atom is -0.469 e. The van der Waals surface area contributed by atoms with E-state index in [1.54, 1.807) is 20.8 Å². The fraction of sp³-hybridized carbons (Fsp3) is 0.818. The molecule has 1 aliphatic rings. The van der Waals surface area contributed by atoms with E-state index in [9.17, 15) is 14.0 Å². The van der Waals surface area contributed by atoms with Crippen molar-refractivity contribution in [1.82, 2.24) is 4.90 Å². The zero-order valence-electron chi connectivity index (χ0n) is 10.5. The number of nitrogens with zero attached hydrogens (tertiary/aromatic N) is 1. The highest BCUT2D eigenvalue weighted by molar-refractivity contribution is 5.76. The van der Waals surface area contributed by atoms with Gasteiger partial charge in [-0.3, -0.25) is 4.79 Å². The van der Waals surface area contributed by atoms with Crippen molar-refractivity contribution < 1.29 is 23.5 Å². The van der Waals surface area contributed by atoms with Gasteiger partial charge in [-0.15, -0.1) is 0 Å². The number of amides is 1. The summed E-state index contributed by atoms with van der Waals surface area (Å²) in [5.74, 6) is -1.55. The van der Waals surface area contributed by atoms with Crippen LogP contribution < -0.4 is 0 Å². The normalized spacial score (nSPS) is 24.6. The van der Waals surface area contributed by atoms with Crippen LogP contribution in [0.1, 0.15) is 20.8 Å². The first-order valence-corrected chi connectivity index (χ1v) is 5.44. The van der Waals surface area contributed by atoms with E-state index in [-0.39, 0.29) is 13.1 Å². The predicted molar refractivity (Wildman–Crippen MR) is 58.2 cm³/mol. The summed E-state index contributed by atoms with van der Waals surface area (Å²) in [6, 6.07) is 0. The molecule has 1 fully saturated rings. The van der Waals surface area contributed by atoms with Crippen molar-refractivity contribution >= 4 is 12.1 Å². The van der Waals surface area contributed by atoms with Crippen molar-refractivity contribution in [3.63, 3.8) is 0 Å². The topological polar surface area (TPSA) is 55.8 Å². The Morgan fingerprint density at radius 1 is 1.29 bits per heavy atom. The molecule has 0 N–H and O–H groups in total. The van der Waals surface area contributed by atoms with Gasteiger partial charge in [-0.25, -0.2) is 9.18 Å². The van der Waals surface area contributed by atoms with Crippen LogP contribution in [0.4, 0.5) is 9.18 Å². The summed E-state index contributed by atoms with van der Waals surface area (Å²) < 4.78 is 23.1. The first-order chi connectivity index (χ1) is 7.74. The van der Waals surface area contributed by atoms with Crippen molar-refractivity contribution in [2.45, 2.75) is 32.5 Å². The molecule has 0 aliphatic carbocycles. The molecule has 0 unspecified atom stereocenters. The van der Waals surface area contributed by atoms with Crippen LogP contribution in [-0.2, 0) is 14.3 Å². The largest absolute Gasteiger partial charge is 0.469 e. The average Bonchev–Trinajstić information content (AvgIpc) is 2.57. The number of likely N-dealkylation sites (tertiary alicyclic amines) is 1. The molecule has 1 heterocycles. The van der Waals surface area contributed by atoms with Crippen molar-refractivity contribution in [1.29, 1.82) is 0 Å². The second kappa shape index (κ2) is 4.89. The van der Waals surface area contributed by atoms with Crippen LogP contribution in [-0.4, -0.2) is 48.9 Å². The van der Waals surface area contributed by atoms with Gasteiger partial charge in [-0.2, -0.15) is 0 Å². The maximum absolute atomic E-state index is 13.5. The monoisotopic (exact) mass is 247 g/mol. The molecular weight excluding hydrogens is 229 g/mol. The fourth-order valence-electron chi connectivity index (χ4n) is 1.61. The Balaban J connectivity index is 2.60. The minimum absolute atomic E-state index is 0.00273. The van der Waals surface area contributed by atoms with E-state index in [2.05, 4.69) is 4.74 Å². The van der Waals surface area contributed by atoms with Crippen LogP contribution in [0.25, 0.3) is 0 Å². The van der Waals surface area contributed by atoms with E-state index in [0.29, 0.717) is 0 Å². The van der Waals surface area contributed by atoms with Crippen LogP contribution in [0.15, 0.2) is 0 Å². The van der Waals surface area contributed by atoms with Gasteiger partial charge in [0, 0.05) is 6.54 Å². The lowest BCUT2D eigenvalue weighted by atomic mass is 10.1. The molecule has 0 aromatic rings. The molecule has 1 amide bonds. The molecule has 0 radical (unpaired) electrons. The molecule has 1 rings (SSSR count). The molecule has 98 valence electrons. The Morgan fingerprint density at radius 3 is 2.35 bits per heavy atom. The molecule has 0 bridgehead atoms. The van der Waals surface area contributed by atoms with Gasteiger partial charge in [-0.1, -0.05) is 0 Å². The molecule has 0 saturated carbocycles. The van der Waals surface area contributed by atoms with Crippen molar-refractivity contribution in [3.05, 3.63) is 0 Å². The van der Waals surface area contributed by atoms with Crippen molar-refractivity contribution in [3.8, 4) is 0 Å². The number of hydrogen-bond acceptors (Lipinski definition) is 4. The van der Waals surface area contributed by atoms with Gasteiger partial charge < -0.3 is 14.4 Å². The molecule has 0 aromatic carbocycles. The molecule has 2 atom stereocenters. The van der Waals surface area contributed by atoms with E-state index in [0.717, 1.165) is 0 Å². The molecule has 17 heavy (non-hydrogen) atoms. The SMILES string of the molecule is COC(=O)[C@H]1CN(C(=O)OC(C)(C)C)C[C@H]1F. The van der Waals surface area contributed by atoms with E-state index >= 15 is 0 Å². The first-order valence-electron chi connectivity index (χ1n) is 5.44. The quantitative estimate of drug-likeness (QED) is 0.657. The number of methoxy groups -OCH3 is 1. The van der Waals surface area contributed by atoms with Crippen LogP contribution in [0.2, 0.25) is 0 Å². The average molecular weight is 247 g/mol. The summed E-state index contributed by atoms with van der Waals surface area (Å²) in [7, 11) is 1.20. The predicted octanol–water partition coefficient (Wildman–Crippen LogP) is 1.36. The molecule has 1 aliphatic heterocycles. The summed E-state index contributed by atoms with van der Waals surface area (Å²) >= 11 is 0. The highest BCUT2D eigenvalue weighted by atomic mass is 19.1. The zero-order chi connectivity index (χ0) is 13.2. The lowest BCUT2D eigenvalue weighted by Crippen LogP contribution is -2.36. The highest BCUT2D eigenvalue weighted by Crippen LogP contribution is 2.23. The highest BCUT2D eigenvalue weighted by Gasteiger charge is 2.41. The third-order valence-electron chi connectivity index (χ3n) is 2.40. The molecule has 5 nitrogen and oxygen atoms in total. The van der Waals surface area contributed by atoms with Gasteiger partial charge in [0.05, 0.1) is 13.7 Å². The van der Waals surface area contributed by atoms with E-state index in [4.69, 9.17) is 4.74 Å². The van der Waals surface area contributed by atoms with E-state index < -0.39 is 29.8 Å². The maximum Gasteiger partial charge on any atom is 0.410 e. The van der Waals surface area contributed by atoms with Gasteiger partial charge >= 0.3 is 12.1 Å². The van der Waals surface area contributed by atoms with Gasteiger partial charge in [0.15, 0.2) is 0 Å². The van der Waals surface area contributed by atoms with Crippen LogP contribution in [0.3, 0.4) is 0 Å². The number of ether oxygens (including phenoxy) is 2. The summed E-state index contributed by atoms with van der Waals surface area (Å²) in [5.41, 5.74) is -0.633. The molecule has 0 aromatic heterocycles. The minimum atomic E-state index is -1.39. The third kappa shape index (κ3) is 3.57. The second-order valence-corrected chi connectivity index (χ2v) is 5.03. The maximum atomic E-state index is 13.5. The number of rotatable bonds is 1. The fourth-order valence-corrected chi connectivity index (χ4v) is 1.61. The van der Waals surface area contributed by atoms with Gasteiger partial charge in [0.2, 0.25) is 0 Å². The summed E-state index contributed by atoms with van der Waals surface area (Å²) in [6.45, 7) is 5.06. The number of hydrogen-bond donors (Lipinski definition) is 0. The standard InChI is InChI=1S/C11H18FNO4/c1-11(2,3)17-10(15)13-5-7(8(12)6-13)9(14)16-4/h7-8H,5-6H2,1-4H3/t7-,8+/m0/s1. The van der Waals surface area contributed by atoms with Gasteiger partial charge in [-0.05, 0) is 20.8 Å². The molecule has 1 saturated heterocycles. The first kappa shape index (κ1) is 13.7. The molecule has 0 spiro atoms. The number of alkyl halides is 1. The van der Waals surface area contributed by atoms with Crippen molar-refractivity contribution in [2.75, 3.05) is 20.2 Å². The number of carbonyl (C=O) groups excluding carboxylic acids is 2. The summed E-state index contributed by atoms with van der Waals surface area (Å²) in [5, 5.41) is 0. The lowest BCUT2D eigenvalue weighted by Gasteiger charge is -2.24. The van der Waals surface area contributed by atoms with Crippen LogP contribution >= 0.6 is 0 Å². The van der Waals surface area contributed by atoms with Crippen LogP contribution in [0, 0.1) is 5.92 Å². The Kier molecular flexibility index (Phi) is 3.95.